The van der Waals surface area contributed by atoms with Gasteiger partial charge in [-0.1, -0.05) is 12.1 Å². The molecule has 3 saturated heterocycles. The Kier molecular flexibility index (Phi) is 7.71. The fourth-order valence-electron chi connectivity index (χ4n) is 4.15. The smallest absolute Gasteiger partial charge is 0.475 e. The van der Waals surface area contributed by atoms with Crippen molar-refractivity contribution in [3.63, 3.8) is 0 Å². The van der Waals surface area contributed by atoms with E-state index in [1.165, 1.54) is 0 Å². The van der Waals surface area contributed by atoms with E-state index in [1.54, 1.807) is 0 Å². The van der Waals surface area contributed by atoms with Gasteiger partial charge in [-0.3, -0.25) is 9.69 Å². The molecule has 3 fully saturated rings. The van der Waals surface area contributed by atoms with Crippen LogP contribution < -0.4 is 0 Å². The Hall–Kier alpha value is -2.68. The van der Waals surface area contributed by atoms with Crippen LogP contribution in [0.3, 0.4) is 0 Å². The second-order valence-corrected chi connectivity index (χ2v) is 7.78. The van der Waals surface area contributed by atoms with Gasteiger partial charge in [-0.25, -0.2) is 4.79 Å². The van der Waals surface area contributed by atoms with Crippen LogP contribution in [0.4, 0.5) is 13.2 Å². The molecule has 11 heteroatoms. The van der Waals surface area contributed by atoms with E-state index in [0.717, 1.165) is 31.5 Å². The third-order valence-electron chi connectivity index (χ3n) is 5.68. The van der Waals surface area contributed by atoms with Gasteiger partial charge in [-0.05, 0) is 24.1 Å². The van der Waals surface area contributed by atoms with E-state index in [0.29, 0.717) is 37.9 Å². The number of morpholine rings is 1. The van der Waals surface area contributed by atoms with Gasteiger partial charge < -0.3 is 19.5 Å². The van der Waals surface area contributed by atoms with Crippen molar-refractivity contribution in [2.75, 3.05) is 32.8 Å². The minimum absolute atomic E-state index is 0.115. The molecule has 0 radical (unpaired) electrons. The maximum absolute atomic E-state index is 12.7. The topological polar surface area (TPSA) is 103 Å². The molecule has 0 saturated carbocycles. The predicted octanol–water partition coefficient (Wildman–Crippen LogP) is 1.78. The van der Waals surface area contributed by atoms with E-state index in [2.05, 4.69) is 17.0 Å². The molecule has 0 spiro atoms. The third kappa shape index (κ3) is 5.97. The highest BCUT2D eigenvalue weighted by Crippen LogP contribution is 2.34. The Balaban J connectivity index is 0.000000360. The number of carbonyl (C=O) groups is 2. The summed E-state index contributed by atoms with van der Waals surface area (Å²) >= 11 is 0. The van der Waals surface area contributed by atoms with Gasteiger partial charge >= 0.3 is 12.1 Å². The lowest BCUT2D eigenvalue weighted by molar-refractivity contribution is -0.192. The number of ether oxygens (including phenoxy) is 2. The normalized spacial score (nSPS) is 25.4. The standard InChI is InChI=1S/C19H23N3O3.C2HF3O2/c20-12-14-2-1-3-15(10-14)13-22-5-4-17-16(22)11-18(25-17)19(23)21-6-8-24-9-7-21;3-2(4,5)1(6)7/h1-3,10,16-18H,4-9,11,13H2;(H,6,7)/t16-,17-,18+;/m0./s1. The van der Waals surface area contributed by atoms with Crippen LogP contribution in [0, 0.1) is 11.3 Å². The van der Waals surface area contributed by atoms with Crippen molar-refractivity contribution >= 4 is 11.9 Å². The molecule has 1 aromatic rings. The van der Waals surface area contributed by atoms with Gasteiger partial charge in [0.15, 0.2) is 0 Å². The number of hydrogen-bond donors (Lipinski definition) is 1. The van der Waals surface area contributed by atoms with Crippen molar-refractivity contribution < 1.29 is 37.3 Å². The first kappa shape index (κ1) is 24.0. The molecule has 0 aromatic heterocycles. The van der Waals surface area contributed by atoms with Gasteiger partial charge in [0.05, 0.1) is 31.0 Å². The maximum atomic E-state index is 12.7. The molecule has 3 aliphatic rings. The van der Waals surface area contributed by atoms with Gasteiger partial charge in [-0.2, -0.15) is 18.4 Å². The summed E-state index contributed by atoms with van der Waals surface area (Å²) in [5.41, 5.74) is 1.83. The number of carbonyl (C=O) groups excluding carboxylic acids is 1. The van der Waals surface area contributed by atoms with E-state index < -0.39 is 12.1 Å². The number of alkyl halides is 3. The molecule has 8 nitrogen and oxygen atoms in total. The molecule has 4 rings (SSSR count). The Morgan fingerprint density at radius 1 is 1.22 bits per heavy atom. The number of amides is 1. The number of aliphatic carboxylic acids is 1. The highest BCUT2D eigenvalue weighted by molar-refractivity contribution is 5.81. The number of halogens is 3. The molecule has 3 atom stereocenters. The number of hydrogen-bond acceptors (Lipinski definition) is 6. The van der Waals surface area contributed by atoms with Gasteiger partial charge in [-0.15, -0.1) is 0 Å². The van der Waals surface area contributed by atoms with Gasteiger partial charge in [0.2, 0.25) is 0 Å². The van der Waals surface area contributed by atoms with Gasteiger partial charge in [0.1, 0.15) is 6.10 Å². The summed E-state index contributed by atoms with van der Waals surface area (Å²) in [6.07, 6.45) is -3.52. The van der Waals surface area contributed by atoms with Crippen LogP contribution in [0.15, 0.2) is 24.3 Å². The molecule has 0 unspecified atom stereocenters. The fraction of sp³-hybridized carbons (Fsp3) is 0.571. The van der Waals surface area contributed by atoms with E-state index in [-0.39, 0.29) is 18.1 Å². The lowest BCUT2D eigenvalue weighted by atomic mass is 10.1. The van der Waals surface area contributed by atoms with Crippen LogP contribution >= 0.6 is 0 Å². The van der Waals surface area contributed by atoms with Crippen LogP contribution in [0.5, 0.6) is 0 Å². The summed E-state index contributed by atoms with van der Waals surface area (Å²) in [5, 5.41) is 16.2. The summed E-state index contributed by atoms with van der Waals surface area (Å²) < 4.78 is 43.1. The Bertz CT molecular complexity index is 867. The predicted molar refractivity (Wildman–Crippen MR) is 104 cm³/mol. The molecule has 3 aliphatic heterocycles. The van der Waals surface area contributed by atoms with Crippen LogP contribution in [-0.2, 0) is 25.6 Å². The summed E-state index contributed by atoms with van der Waals surface area (Å²) in [6, 6.07) is 10.2. The number of carboxylic acids is 1. The van der Waals surface area contributed by atoms with Gasteiger partial charge in [0.25, 0.3) is 5.91 Å². The average molecular weight is 455 g/mol. The molecule has 32 heavy (non-hydrogen) atoms. The fourth-order valence-corrected chi connectivity index (χ4v) is 4.15. The molecular weight excluding hydrogens is 431 g/mol. The number of benzene rings is 1. The number of rotatable bonds is 3. The highest BCUT2D eigenvalue weighted by Gasteiger charge is 2.46. The quantitative estimate of drug-likeness (QED) is 0.741. The molecule has 3 heterocycles. The minimum Gasteiger partial charge on any atom is -0.475 e. The van der Waals surface area contributed by atoms with Crippen molar-refractivity contribution in [3.8, 4) is 6.07 Å². The van der Waals surface area contributed by atoms with Crippen LogP contribution in [0.1, 0.15) is 24.0 Å². The van der Waals surface area contributed by atoms with Crippen molar-refractivity contribution in [1.29, 1.82) is 5.26 Å². The number of nitriles is 1. The average Bonchev–Trinajstić information content (AvgIpc) is 3.36. The monoisotopic (exact) mass is 455 g/mol. The minimum atomic E-state index is -5.08. The molecule has 1 N–H and O–H groups in total. The van der Waals surface area contributed by atoms with E-state index in [4.69, 9.17) is 24.6 Å². The number of carboxylic acid groups (broad SMARTS) is 1. The first-order valence-electron chi connectivity index (χ1n) is 10.2. The van der Waals surface area contributed by atoms with E-state index in [9.17, 15) is 18.0 Å². The van der Waals surface area contributed by atoms with Crippen molar-refractivity contribution in [2.45, 2.75) is 43.8 Å². The Morgan fingerprint density at radius 3 is 2.53 bits per heavy atom. The van der Waals surface area contributed by atoms with Crippen LogP contribution in [0.25, 0.3) is 0 Å². The van der Waals surface area contributed by atoms with E-state index in [1.807, 2.05) is 23.1 Å². The van der Waals surface area contributed by atoms with Crippen LogP contribution in [0.2, 0.25) is 0 Å². The first-order chi connectivity index (χ1) is 15.2. The second-order valence-electron chi connectivity index (χ2n) is 7.78. The van der Waals surface area contributed by atoms with Gasteiger partial charge in [0, 0.05) is 38.6 Å². The molecule has 174 valence electrons. The van der Waals surface area contributed by atoms with E-state index >= 15 is 0 Å². The first-order valence-corrected chi connectivity index (χ1v) is 10.2. The Labute approximate surface area is 183 Å². The maximum Gasteiger partial charge on any atom is 0.490 e. The summed E-state index contributed by atoms with van der Waals surface area (Å²) in [5.74, 6) is -2.64. The number of likely N-dealkylation sites (tertiary alicyclic amines) is 1. The summed E-state index contributed by atoms with van der Waals surface area (Å²) in [4.78, 5) is 25.8. The molecular formula is C21H24F3N3O5. The van der Waals surface area contributed by atoms with Crippen molar-refractivity contribution in [3.05, 3.63) is 35.4 Å². The third-order valence-corrected chi connectivity index (χ3v) is 5.68. The molecule has 0 bridgehead atoms. The lowest BCUT2D eigenvalue weighted by Crippen LogP contribution is -2.46. The Morgan fingerprint density at radius 2 is 1.91 bits per heavy atom. The zero-order chi connectivity index (χ0) is 23.3. The lowest BCUT2D eigenvalue weighted by Gasteiger charge is -2.29. The highest BCUT2D eigenvalue weighted by atomic mass is 19.4. The van der Waals surface area contributed by atoms with Crippen molar-refractivity contribution in [2.24, 2.45) is 0 Å². The van der Waals surface area contributed by atoms with Crippen molar-refractivity contribution in [1.82, 2.24) is 9.80 Å². The largest absolute Gasteiger partial charge is 0.490 e. The number of nitrogens with zero attached hydrogens (tertiary/aromatic N) is 3. The molecule has 0 aliphatic carbocycles. The zero-order valence-electron chi connectivity index (χ0n) is 17.3. The summed E-state index contributed by atoms with van der Waals surface area (Å²) in [7, 11) is 0. The zero-order valence-corrected chi connectivity index (χ0v) is 17.3. The van der Waals surface area contributed by atoms with Crippen LogP contribution in [-0.4, -0.2) is 84.1 Å². The SMILES string of the molecule is N#Cc1cccc(CN2CC[C@@H]3O[C@@H](C(=O)N4CCOCC4)C[C@@H]32)c1.O=C(O)C(F)(F)F. The number of fused-ring (bicyclic) bond motifs is 1. The molecule has 1 aromatic carbocycles. The molecule has 1 amide bonds. The second kappa shape index (κ2) is 10.3. The summed E-state index contributed by atoms with van der Waals surface area (Å²) in [6.45, 7) is 4.35.